The summed E-state index contributed by atoms with van der Waals surface area (Å²) >= 11 is 3.44. The van der Waals surface area contributed by atoms with Crippen LogP contribution in [0, 0.1) is 0 Å². The molecule has 0 atom stereocenters. The third kappa shape index (κ3) is 4.56. The molecule has 0 aliphatic heterocycles. The van der Waals surface area contributed by atoms with E-state index in [9.17, 15) is 0 Å². The van der Waals surface area contributed by atoms with E-state index in [0.29, 0.717) is 24.5 Å². The van der Waals surface area contributed by atoms with Gasteiger partial charge in [0.15, 0.2) is 0 Å². The Morgan fingerprint density at radius 1 is 1.24 bits per heavy atom. The standard InChI is InChI=1S/C14H18BrN5O/c1-4-16-12-17-13(20(2)3)19-14(18-12)21-9-10-6-5-7-11(15)8-10/h5-8H,4,9H2,1-3H3,(H,16,17,18,19). The smallest absolute Gasteiger partial charge is 0.323 e. The van der Waals surface area contributed by atoms with Gasteiger partial charge in [-0.2, -0.15) is 15.0 Å². The van der Waals surface area contributed by atoms with Crippen molar-refractivity contribution in [2.24, 2.45) is 0 Å². The lowest BCUT2D eigenvalue weighted by Crippen LogP contribution is -2.16. The molecular formula is C14H18BrN5O. The second-order valence-corrected chi connectivity index (χ2v) is 5.50. The molecular weight excluding hydrogens is 334 g/mol. The van der Waals surface area contributed by atoms with Crippen LogP contribution in [-0.2, 0) is 6.61 Å². The van der Waals surface area contributed by atoms with Crippen molar-refractivity contribution in [3.8, 4) is 6.01 Å². The summed E-state index contributed by atoms with van der Waals surface area (Å²) in [7, 11) is 3.76. The first-order valence-electron chi connectivity index (χ1n) is 6.63. The number of anilines is 2. The summed E-state index contributed by atoms with van der Waals surface area (Å²) in [6.45, 7) is 3.13. The molecule has 6 nitrogen and oxygen atoms in total. The van der Waals surface area contributed by atoms with Gasteiger partial charge in [0.2, 0.25) is 11.9 Å². The Bertz CT molecular complexity index is 606. The average Bonchev–Trinajstić information content (AvgIpc) is 2.45. The molecule has 1 aromatic carbocycles. The lowest BCUT2D eigenvalue weighted by Gasteiger charge is -2.13. The highest BCUT2D eigenvalue weighted by molar-refractivity contribution is 9.10. The molecule has 2 aromatic rings. The van der Waals surface area contributed by atoms with Crippen molar-refractivity contribution in [2.45, 2.75) is 13.5 Å². The fourth-order valence-corrected chi connectivity index (χ4v) is 2.07. The minimum Gasteiger partial charge on any atom is -0.458 e. The molecule has 0 amide bonds. The van der Waals surface area contributed by atoms with E-state index in [4.69, 9.17) is 4.74 Å². The second-order valence-electron chi connectivity index (χ2n) is 4.58. The summed E-state index contributed by atoms with van der Waals surface area (Å²) in [5, 5.41) is 3.07. The maximum atomic E-state index is 5.68. The third-order valence-electron chi connectivity index (χ3n) is 2.59. The Hall–Kier alpha value is -1.89. The molecule has 0 aliphatic carbocycles. The molecule has 0 saturated carbocycles. The molecule has 0 fully saturated rings. The highest BCUT2D eigenvalue weighted by Crippen LogP contribution is 2.16. The van der Waals surface area contributed by atoms with Crippen molar-refractivity contribution in [3.63, 3.8) is 0 Å². The van der Waals surface area contributed by atoms with Gasteiger partial charge < -0.3 is 15.0 Å². The molecule has 1 aromatic heterocycles. The second kappa shape index (κ2) is 7.21. The largest absolute Gasteiger partial charge is 0.458 e. The van der Waals surface area contributed by atoms with Gasteiger partial charge in [-0.1, -0.05) is 28.1 Å². The highest BCUT2D eigenvalue weighted by Gasteiger charge is 2.09. The predicted octanol–water partition coefficient (Wildman–Crippen LogP) is 2.71. The fraction of sp³-hybridized carbons (Fsp3) is 0.357. The Balaban J connectivity index is 2.14. The molecule has 0 bridgehead atoms. The van der Waals surface area contributed by atoms with Crippen molar-refractivity contribution in [1.29, 1.82) is 0 Å². The number of rotatable bonds is 6. The summed E-state index contributed by atoms with van der Waals surface area (Å²) < 4.78 is 6.69. The minimum absolute atomic E-state index is 0.310. The minimum atomic E-state index is 0.310. The van der Waals surface area contributed by atoms with Crippen LogP contribution in [0.3, 0.4) is 0 Å². The summed E-state index contributed by atoms with van der Waals surface area (Å²) in [5.41, 5.74) is 1.04. The maximum Gasteiger partial charge on any atom is 0.323 e. The van der Waals surface area contributed by atoms with E-state index in [0.717, 1.165) is 16.6 Å². The maximum absolute atomic E-state index is 5.68. The van der Waals surface area contributed by atoms with Gasteiger partial charge in [-0.05, 0) is 24.6 Å². The van der Waals surface area contributed by atoms with Crippen LogP contribution in [0.2, 0.25) is 0 Å². The normalized spacial score (nSPS) is 10.3. The summed E-state index contributed by atoms with van der Waals surface area (Å²) in [5.74, 6) is 1.07. The van der Waals surface area contributed by atoms with Crippen molar-refractivity contribution >= 4 is 27.8 Å². The van der Waals surface area contributed by atoms with Gasteiger partial charge in [0, 0.05) is 25.1 Å². The molecule has 0 unspecified atom stereocenters. The van der Waals surface area contributed by atoms with Crippen LogP contribution >= 0.6 is 15.9 Å². The highest BCUT2D eigenvalue weighted by atomic mass is 79.9. The number of nitrogens with one attached hydrogen (secondary N) is 1. The third-order valence-corrected chi connectivity index (χ3v) is 3.09. The van der Waals surface area contributed by atoms with Gasteiger partial charge >= 0.3 is 6.01 Å². The monoisotopic (exact) mass is 351 g/mol. The Labute approximate surface area is 132 Å². The van der Waals surface area contributed by atoms with Gasteiger partial charge in [-0.3, -0.25) is 0 Å². The van der Waals surface area contributed by atoms with Gasteiger partial charge in [-0.15, -0.1) is 0 Å². The number of benzene rings is 1. The molecule has 21 heavy (non-hydrogen) atoms. The van der Waals surface area contributed by atoms with E-state index in [2.05, 4.69) is 36.2 Å². The van der Waals surface area contributed by atoms with E-state index in [1.807, 2.05) is 50.2 Å². The number of hydrogen-bond donors (Lipinski definition) is 1. The van der Waals surface area contributed by atoms with E-state index in [-0.39, 0.29) is 0 Å². The quantitative estimate of drug-likeness (QED) is 0.863. The van der Waals surface area contributed by atoms with Crippen molar-refractivity contribution in [3.05, 3.63) is 34.3 Å². The van der Waals surface area contributed by atoms with Crippen LogP contribution in [0.5, 0.6) is 6.01 Å². The molecule has 7 heteroatoms. The van der Waals surface area contributed by atoms with Crippen LogP contribution in [0.25, 0.3) is 0 Å². The number of nitrogens with zero attached hydrogens (tertiary/aromatic N) is 4. The summed E-state index contributed by atoms with van der Waals surface area (Å²) in [6, 6.07) is 8.24. The zero-order valence-electron chi connectivity index (χ0n) is 12.3. The van der Waals surface area contributed by atoms with Crippen LogP contribution in [0.4, 0.5) is 11.9 Å². The predicted molar refractivity (Wildman–Crippen MR) is 86.8 cm³/mol. The van der Waals surface area contributed by atoms with Crippen LogP contribution in [0.1, 0.15) is 12.5 Å². The number of hydrogen-bond acceptors (Lipinski definition) is 6. The number of aromatic nitrogens is 3. The lowest BCUT2D eigenvalue weighted by molar-refractivity contribution is 0.280. The van der Waals surface area contributed by atoms with Crippen LogP contribution in [-0.4, -0.2) is 35.6 Å². The Morgan fingerprint density at radius 3 is 2.71 bits per heavy atom. The molecule has 0 saturated heterocycles. The van der Waals surface area contributed by atoms with Crippen LogP contribution < -0.4 is 15.0 Å². The van der Waals surface area contributed by atoms with E-state index in [1.165, 1.54) is 0 Å². The van der Waals surface area contributed by atoms with Crippen LogP contribution in [0.15, 0.2) is 28.7 Å². The Morgan fingerprint density at radius 2 is 2.05 bits per heavy atom. The Kier molecular flexibility index (Phi) is 5.32. The molecule has 0 spiro atoms. The first-order valence-corrected chi connectivity index (χ1v) is 7.42. The van der Waals surface area contributed by atoms with Crippen molar-refractivity contribution in [2.75, 3.05) is 30.9 Å². The number of halogens is 1. The topological polar surface area (TPSA) is 63.2 Å². The fourth-order valence-electron chi connectivity index (χ4n) is 1.62. The SMILES string of the molecule is CCNc1nc(OCc2cccc(Br)c2)nc(N(C)C)n1. The number of ether oxygens (including phenoxy) is 1. The molecule has 2 rings (SSSR count). The lowest BCUT2D eigenvalue weighted by atomic mass is 10.2. The van der Waals surface area contributed by atoms with Gasteiger partial charge in [0.05, 0.1) is 0 Å². The first kappa shape index (κ1) is 15.5. The summed E-state index contributed by atoms with van der Waals surface area (Å²) in [6.07, 6.45) is 0. The molecule has 112 valence electrons. The van der Waals surface area contributed by atoms with Gasteiger partial charge in [0.1, 0.15) is 6.61 Å². The zero-order valence-corrected chi connectivity index (χ0v) is 13.9. The van der Waals surface area contributed by atoms with Gasteiger partial charge in [0.25, 0.3) is 0 Å². The first-order chi connectivity index (χ1) is 10.1. The molecule has 0 radical (unpaired) electrons. The van der Waals surface area contributed by atoms with Crippen molar-refractivity contribution < 1.29 is 4.74 Å². The van der Waals surface area contributed by atoms with Gasteiger partial charge in [-0.25, -0.2) is 0 Å². The summed E-state index contributed by atoms with van der Waals surface area (Å²) in [4.78, 5) is 14.6. The van der Waals surface area contributed by atoms with Crippen molar-refractivity contribution in [1.82, 2.24) is 15.0 Å². The van der Waals surface area contributed by atoms with E-state index in [1.54, 1.807) is 0 Å². The molecule has 0 aliphatic rings. The molecule has 1 heterocycles. The average molecular weight is 352 g/mol. The van der Waals surface area contributed by atoms with E-state index < -0.39 is 0 Å². The zero-order chi connectivity index (χ0) is 15.2. The van der Waals surface area contributed by atoms with E-state index >= 15 is 0 Å². The molecule has 1 N–H and O–H groups in total.